The Hall–Kier alpha value is -2.34. The van der Waals surface area contributed by atoms with E-state index in [-0.39, 0.29) is 11.9 Å². The van der Waals surface area contributed by atoms with Crippen LogP contribution in [0.15, 0.2) is 42.7 Å². The molecular weight excluding hydrogens is 256 g/mol. The first-order chi connectivity index (χ1) is 9.70. The third kappa shape index (κ3) is 3.58. The lowest BCUT2D eigenvalue weighted by molar-refractivity contribution is -0.119. The van der Waals surface area contributed by atoms with Gasteiger partial charge in [0.25, 0.3) is 0 Å². The van der Waals surface area contributed by atoms with Crippen LogP contribution in [0.4, 0.5) is 5.69 Å². The van der Waals surface area contributed by atoms with E-state index in [0.29, 0.717) is 24.6 Å². The molecule has 106 valence electrons. The van der Waals surface area contributed by atoms with Gasteiger partial charge in [-0.3, -0.25) is 9.48 Å². The molecule has 1 atom stereocenters. The van der Waals surface area contributed by atoms with Gasteiger partial charge >= 0.3 is 0 Å². The van der Waals surface area contributed by atoms with Crippen molar-refractivity contribution in [2.45, 2.75) is 13.0 Å². The highest BCUT2D eigenvalue weighted by atomic mass is 16.5. The largest absolute Gasteiger partial charge is 0.492 e. The Balaban J connectivity index is 2.00. The molecule has 0 aliphatic heterocycles. The molecule has 3 N–H and O–H groups in total. The van der Waals surface area contributed by atoms with Crippen molar-refractivity contribution in [2.75, 3.05) is 18.5 Å². The molecule has 0 spiro atoms. The first kappa shape index (κ1) is 14.1. The summed E-state index contributed by atoms with van der Waals surface area (Å²) in [6.45, 7) is 2.69. The van der Waals surface area contributed by atoms with Crippen LogP contribution in [-0.2, 0) is 4.79 Å². The zero-order valence-corrected chi connectivity index (χ0v) is 11.3. The molecule has 0 saturated heterocycles. The fraction of sp³-hybridized carbons (Fsp3) is 0.286. The average molecular weight is 274 g/mol. The molecule has 0 aliphatic carbocycles. The molecule has 20 heavy (non-hydrogen) atoms. The van der Waals surface area contributed by atoms with Gasteiger partial charge in [0.15, 0.2) is 0 Å². The molecule has 6 nitrogen and oxygen atoms in total. The highest BCUT2D eigenvalue weighted by molar-refractivity contribution is 5.93. The van der Waals surface area contributed by atoms with Gasteiger partial charge in [-0.15, -0.1) is 0 Å². The second kappa shape index (κ2) is 6.72. The number of hydrogen-bond acceptors (Lipinski definition) is 4. The predicted octanol–water partition coefficient (Wildman–Crippen LogP) is 1.42. The maximum absolute atomic E-state index is 12.1. The van der Waals surface area contributed by atoms with Gasteiger partial charge in [0.2, 0.25) is 5.91 Å². The number of rotatable bonds is 6. The van der Waals surface area contributed by atoms with Gasteiger partial charge in [0.1, 0.15) is 18.4 Å². The number of hydrogen-bond donors (Lipinski definition) is 2. The third-order valence-electron chi connectivity index (χ3n) is 2.79. The first-order valence-corrected chi connectivity index (χ1v) is 6.43. The van der Waals surface area contributed by atoms with E-state index in [2.05, 4.69) is 10.4 Å². The summed E-state index contributed by atoms with van der Waals surface area (Å²) in [7, 11) is 0. The zero-order chi connectivity index (χ0) is 14.4. The molecule has 0 saturated carbocycles. The molecule has 1 unspecified atom stereocenters. The summed E-state index contributed by atoms with van der Waals surface area (Å²) in [6.07, 6.45) is 3.40. The summed E-state index contributed by atoms with van der Waals surface area (Å²) in [5.41, 5.74) is 6.07. The monoisotopic (exact) mass is 274 g/mol. The minimum absolute atomic E-state index is 0.135. The van der Waals surface area contributed by atoms with Crippen molar-refractivity contribution in [3.8, 4) is 5.75 Å². The Morgan fingerprint density at radius 3 is 3.05 bits per heavy atom. The summed E-state index contributed by atoms with van der Waals surface area (Å²) >= 11 is 0. The molecule has 0 aliphatic rings. The van der Waals surface area contributed by atoms with Crippen LogP contribution >= 0.6 is 0 Å². The van der Waals surface area contributed by atoms with E-state index < -0.39 is 0 Å². The highest BCUT2D eigenvalue weighted by Crippen LogP contribution is 2.18. The number of amides is 1. The number of nitrogens with two attached hydrogens (primary N) is 1. The Kier molecular flexibility index (Phi) is 4.73. The van der Waals surface area contributed by atoms with Crippen molar-refractivity contribution in [3.05, 3.63) is 42.7 Å². The minimum Gasteiger partial charge on any atom is -0.492 e. The maximum Gasteiger partial charge on any atom is 0.248 e. The number of ether oxygens (including phenoxy) is 1. The van der Waals surface area contributed by atoms with Gasteiger partial charge in [-0.1, -0.05) is 6.07 Å². The van der Waals surface area contributed by atoms with E-state index >= 15 is 0 Å². The Morgan fingerprint density at radius 1 is 1.50 bits per heavy atom. The molecule has 6 heteroatoms. The van der Waals surface area contributed by atoms with Gasteiger partial charge < -0.3 is 15.8 Å². The second-order valence-electron chi connectivity index (χ2n) is 4.32. The Labute approximate surface area is 117 Å². The van der Waals surface area contributed by atoms with Crippen molar-refractivity contribution in [3.63, 3.8) is 0 Å². The van der Waals surface area contributed by atoms with Gasteiger partial charge in [0, 0.05) is 30.7 Å². The number of benzene rings is 1. The molecule has 1 aromatic carbocycles. The number of carbonyl (C=O) groups excluding carboxylic acids is 1. The number of nitrogens with zero attached hydrogens (tertiary/aromatic N) is 2. The van der Waals surface area contributed by atoms with Gasteiger partial charge in [0.05, 0.1) is 0 Å². The van der Waals surface area contributed by atoms with Crippen LogP contribution in [0.2, 0.25) is 0 Å². The molecule has 1 aromatic heterocycles. The highest BCUT2D eigenvalue weighted by Gasteiger charge is 2.15. The molecule has 1 amide bonds. The van der Waals surface area contributed by atoms with Crippen LogP contribution in [0.1, 0.15) is 13.0 Å². The molecule has 0 fully saturated rings. The zero-order valence-electron chi connectivity index (χ0n) is 11.3. The molecular formula is C14H18N4O2. The lowest BCUT2D eigenvalue weighted by Crippen LogP contribution is -2.24. The molecule has 2 aromatic rings. The van der Waals surface area contributed by atoms with Gasteiger partial charge in [-0.05, 0) is 25.1 Å². The second-order valence-corrected chi connectivity index (χ2v) is 4.32. The van der Waals surface area contributed by atoms with Crippen molar-refractivity contribution in [1.82, 2.24) is 9.78 Å². The van der Waals surface area contributed by atoms with Crippen LogP contribution in [0.3, 0.4) is 0 Å². The Bertz CT molecular complexity index is 554. The summed E-state index contributed by atoms with van der Waals surface area (Å²) < 4.78 is 7.02. The van der Waals surface area contributed by atoms with Crippen LogP contribution in [-0.4, -0.2) is 28.8 Å². The van der Waals surface area contributed by atoms with Crippen molar-refractivity contribution in [1.29, 1.82) is 0 Å². The van der Waals surface area contributed by atoms with E-state index in [9.17, 15) is 4.79 Å². The van der Waals surface area contributed by atoms with Gasteiger partial charge in [-0.2, -0.15) is 5.10 Å². The quantitative estimate of drug-likeness (QED) is 0.834. The van der Waals surface area contributed by atoms with E-state index in [4.69, 9.17) is 10.5 Å². The maximum atomic E-state index is 12.1. The number of carbonyl (C=O) groups is 1. The molecule has 1 heterocycles. The predicted molar refractivity (Wildman–Crippen MR) is 76.6 cm³/mol. The van der Waals surface area contributed by atoms with Gasteiger partial charge in [-0.25, -0.2) is 0 Å². The number of nitrogens with one attached hydrogen (secondary N) is 1. The van der Waals surface area contributed by atoms with Crippen LogP contribution < -0.4 is 15.8 Å². The average Bonchev–Trinajstić information content (AvgIpc) is 2.98. The minimum atomic E-state index is -0.376. The molecule has 0 bridgehead atoms. The third-order valence-corrected chi connectivity index (χ3v) is 2.79. The smallest absolute Gasteiger partial charge is 0.248 e. The van der Waals surface area contributed by atoms with E-state index in [1.54, 1.807) is 36.1 Å². The summed E-state index contributed by atoms with van der Waals surface area (Å²) in [4.78, 5) is 12.1. The van der Waals surface area contributed by atoms with Crippen LogP contribution in [0.25, 0.3) is 0 Å². The topological polar surface area (TPSA) is 82.2 Å². The summed E-state index contributed by atoms with van der Waals surface area (Å²) in [6, 6.07) is 8.62. The fourth-order valence-corrected chi connectivity index (χ4v) is 1.72. The van der Waals surface area contributed by atoms with Crippen LogP contribution in [0, 0.1) is 0 Å². The summed E-state index contributed by atoms with van der Waals surface area (Å²) in [5, 5.41) is 6.89. The Morgan fingerprint density at radius 2 is 2.35 bits per heavy atom. The molecule has 0 radical (unpaired) electrons. The fourth-order valence-electron chi connectivity index (χ4n) is 1.72. The lowest BCUT2D eigenvalue weighted by atomic mass is 10.2. The van der Waals surface area contributed by atoms with Crippen molar-refractivity contribution >= 4 is 11.6 Å². The standard InChI is InChI=1S/C14H18N4O2/c1-11(18-8-3-7-16-18)14(19)17-12-4-2-5-13(10-12)20-9-6-15/h2-5,7-8,10-11H,6,9,15H2,1H3,(H,17,19). The number of aromatic nitrogens is 2. The van der Waals surface area contributed by atoms with Crippen molar-refractivity contribution in [2.24, 2.45) is 5.73 Å². The normalized spacial score (nSPS) is 11.9. The van der Waals surface area contributed by atoms with E-state index in [1.807, 2.05) is 18.2 Å². The summed E-state index contributed by atoms with van der Waals surface area (Å²) in [5.74, 6) is 0.546. The molecule has 2 rings (SSSR count). The lowest BCUT2D eigenvalue weighted by Gasteiger charge is -2.13. The SMILES string of the molecule is CC(C(=O)Nc1cccc(OCCN)c1)n1cccn1. The van der Waals surface area contributed by atoms with Crippen molar-refractivity contribution < 1.29 is 9.53 Å². The van der Waals surface area contributed by atoms with E-state index in [0.717, 1.165) is 0 Å². The van der Waals surface area contributed by atoms with E-state index in [1.165, 1.54) is 0 Å². The van der Waals surface area contributed by atoms with Crippen LogP contribution in [0.5, 0.6) is 5.75 Å². The number of anilines is 1. The first-order valence-electron chi connectivity index (χ1n) is 6.43.